The number of ketones is 2. The van der Waals surface area contributed by atoms with E-state index in [1.807, 2.05) is 26.8 Å². The molecule has 0 spiro atoms. The lowest BCUT2D eigenvalue weighted by molar-refractivity contribution is -0.162. The van der Waals surface area contributed by atoms with Crippen molar-refractivity contribution in [2.45, 2.75) is 45.1 Å². The lowest BCUT2D eigenvalue weighted by Gasteiger charge is -2.57. The number of benzene rings is 1. The summed E-state index contributed by atoms with van der Waals surface area (Å²) in [6, 6.07) is 4.89. The quantitative estimate of drug-likeness (QED) is 0.819. The van der Waals surface area contributed by atoms with Gasteiger partial charge in [0.15, 0.2) is 11.4 Å². The zero-order valence-corrected chi connectivity index (χ0v) is 15.2. The molecule has 0 radical (unpaired) electrons. The van der Waals surface area contributed by atoms with Crippen LogP contribution in [0.3, 0.4) is 0 Å². The second-order valence-corrected chi connectivity index (χ2v) is 7.84. The summed E-state index contributed by atoms with van der Waals surface area (Å²) in [6.07, 6.45) is 7.67. The molecule has 0 fully saturated rings. The monoisotopic (exact) mass is 350 g/mol. The largest absolute Gasteiger partial charge is 0.508 e. The standard InChI is InChI=1S/C22H22O4/c1-13(2)8-9-21-17-10-14(3)12-22(21,20(25)7-6-19(21)24)26-18-5-4-15(23)11-16(17)18/h4-8,10-11,17,23H,9,12H2,1-3H3/t17-,21-,22+/m1/s1. The number of aromatic hydroxyl groups is 1. The van der Waals surface area contributed by atoms with E-state index >= 15 is 0 Å². The Bertz CT molecular complexity index is 916. The van der Waals surface area contributed by atoms with Crippen LogP contribution in [0, 0.1) is 5.41 Å². The third kappa shape index (κ3) is 2.02. The van der Waals surface area contributed by atoms with Crippen LogP contribution in [-0.2, 0) is 9.59 Å². The van der Waals surface area contributed by atoms with Gasteiger partial charge in [0.25, 0.3) is 0 Å². The van der Waals surface area contributed by atoms with E-state index in [4.69, 9.17) is 4.74 Å². The molecule has 4 nitrogen and oxygen atoms in total. The summed E-state index contributed by atoms with van der Waals surface area (Å²) in [7, 11) is 0. The number of carbonyl (C=O) groups is 2. The minimum atomic E-state index is -1.22. The Labute approximate surface area is 152 Å². The average molecular weight is 350 g/mol. The number of ether oxygens (including phenoxy) is 1. The minimum Gasteiger partial charge on any atom is -0.508 e. The Morgan fingerprint density at radius 2 is 2.00 bits per heavy atom. The van der Waals surface area contributed by atoms with E-state index in [9.17, 15) is 14.7 Å². The first-order valence-corrected chi connectivity index (χ1v) is 8.90. The van der Waals surface area contributed by atoms with E-state index in [2.05, 4.69) is 6.08 Å². The first-order chi connectivity index (χ1) is 12.3. The highest BCUT2D eigenvalue weighted by Crippen LogP contribution is 2.63. The summed E-state index contributed by atoms with van der Waals surface area (Å²) in [6.45, 7) is 5.93. The van der Waals surface area contributed by atoms with Crippen molar-refractivity contribution in [3.63, 3.8) is 0 Å². The van der Waals surface area contributed by atoms with Gasteiger partial charge in [0.1, 0.15) is 11.5 Å². The van der Waals surface area contributed by atoms with Crippen molar-refractivity contribution < 1.29 is 19.4 Å². The van der Waals surface area contributed by atoms with Crippen molar-refractivity contribution in [2.75, 3.05) is 0 Å². The van der Waals surface area contributed by atoms with Gasteiger partial charge < -0.3 is 9.84 Å². The highest BCUT2D eigenvalue weighted by atomic mass is 16.5. The molecule has 4 rings (SSSR count). The topological polar surface area (TPSA) is 63.6 Å². The maximum atomic E-state index is 13.3. The molecular weight excluding hydrogens is 328 g/mol. The van der Waals surface area contributed by atoms with Gasteiger partial charge in [-0.05, 0) is 57.5 Å². The van der Waals surface area contributed by atoms with Crippen LogP contribution in [0.2, 0.25) is 0 Å². The summed E-state index contributed by atoms with van der Waals surface area (Å²) in [5, 5.41) is 10.0. The van der Waals surface area contributed by atoms with Gasteiger partial charge in [0.2, 0.25) is 5.78 Å². The molecule has 2 bridgehead atoms. The first kappa shape index (κ1) is 16.8. The summed E-state index contributed by atoms with van der Waals surface area (Å²) < 4.78 is 6.34. The molecule has 3 atom stereocenters. The van der Waals surface area contributed by atoms with Crippen LogP contribution in [0.5, 0.6) is 11.5 Å². The molecule has 1 aliphatic heterocycles. The summed E-state index contributed by atoms with van der Waals surface area (Å²) in [4.78, 5) is 26.4. The molecule has 2 aliphatic carbocycles. The molecule has 1 aromatic carbocycles. The van der Waals surface area contributed by atoms with E-state index < -0.39 is 11.0 Å². The molecular formula is C22H22O4. The number of hydrogen-bond acceptors (Lipinski definition) is 4. The smallest absolute Gasteiger partial charge is 0.200 e. The second kappa shape index (κ2) is 5.44. The fourth-order valence-electron chi connectivity index (χ4n) is 4.73. The van der Waals surface area contributed by atoms with E-state index in [0.29, 0.717) is 18.6 Å². The van der Waals surface area contributed by atoms with Gasteiger partial charge in [0, 0.05) is 17.9 Å². The number of rotatable bonds is 2. The fourth-order valence-corrected chi connectivity index (χ4v) is 4.73. The molecule has 26 heavy (non-hydrogen) atoms. The van der Waals surface area contributed by atoms with Gasteiger partial charge in [-0.25, -0.2) is 0 Å². The van der Waals surface area contributed by atoms with Crippen molar-refractivity contribution in [2.24, 2.45) is 5.41 Å². The highest BCUT2D eigenvalue weighted by molar-refractivity contribution is 6.14. The number of phenols is 1. The molecule has 3 aliphatic rings. The lowest BCUT2D eigenvalue weighted by atomic mass is 9.49. The maximum Gasteiger partial charge on any atom is 0.200 e. The van der Waals surface area contributed by atoms with E-state index in [1.54, 1.807) is 18.2 Å². The number of allylic oxidation sites excluding steroid dienone is 4. The van der Waals surface area contributed by atoms with Gasteiger partial charge in [0.05, 0.1) is 5.41 Å². The lowest BCUT2D eigenvalue weighted by Crippen LogP contribution is -2.68. The van der Waals surface area contributed by atoms with Crippen LogP contribution in [0.15, 0.2) is 53.6 Å². The molecule has 4 heteroatoms. The molecule has 0 unspecified atom stereocenters. The normalized spacial score (nSPS) is 31.5. The highest BCUT2D eigenvalue weighted by Gasteiger charge is 2.69. The second-order valence-electron chi connectivity index (χ2n) is 7.84. The third-order valence-corrected chi connectivity index (χ3v) is 5.90. The SMILES string of the molecule is CC(C)=CC[C@@]12C(=O)C=CC(=O)[C@@]13CC(C)=C[C@@H]2c1cc(O)ccc1O3. The van der Waals surface area contributed by atoms with Crippen LogP contribution in [0.4, 0.5) is 0 Å². The van der Waals surface area contributed by atoms with Crippen LogP contribution < -0.4 is 4.74 Å². The Hall–Kier alpha value is -2.62. The zero-order valence-electron chi connectivity index (χ0n) is 15.2. The fraction of sp³-hybridized carbons (Fsp3) is 0.364. The van der Waals surface area contributed by atoms with Crippen LogP contribution in [0.25, 0.3) is 0 Å². The predicted octanol–water partition coefficient (Wildman–Crippen LogP) is 4.01. The zero-order chi connectivity index (χ0) is 18.7. The Morgan fingerprint density at radius 1 is 1.27 bits per heavy atom. The average Bonchev–Trinajstić information content (AvgIpc) is 2.57. The van der Waals surface area contributed by atoms with Crippen LogP contribution in [-0.4, -0.2) is 22.3 Å². The van der Waals surface area contributed by atoms with Gasteiger partial charge in [-0.3, -0.25) is 9.59 Å². The molecule has 1 aromatic rings. The number of hydrogen-bond donors (Lipinski definition) is 1. The number of phenolic OH excluding ortho intramolecular Hbond substituents is 1. The minimum absolute atomic E-state index is 0.0858. The van der Waals surface area contributed by atoms with Crippen molar-refractivity contribution in [1.29, 1.82) is 0 Å². The molecule has 0 amide bonds. The molecule has 0 saturated heterocycles. The van der Waals surface area contributed by atoms with Crippen LogP contribution in [0.1, 0.15) is 45.1 Å². The van der Waals surface area contributed by atoms with Gasteiger partial charge in [-0.1, -0.05) is 23.3 Å². The number of carbonyl (C=O) groups excluding carboxylic acids is 2. The van der Waals surface area contributed by atoms with Gasteiger partial charge in [-0.2, -0.15) is 0 Å². The number of fused-ring (bicyclic) bond motifs is 2. The molecule has 0 aromatic heterocycles. The van der Waals surface area contributed by atoms with Crippen molar-refractivity contribution in [1.82, 2.24) is 0 Å². The Morgan fingerprint density at radius 3 is 2.73 bits per heavy atom. The van der Waals surface area contributed by atoms with Crippen molar-refractivity contribution in [3.05, 3.63) is 59.2 Å². The van der Waals surface area contributed by atoms with Crippen LogP contribution >= 0.6 is 0 Å². The molecule has 0 saturated carbocycles. The van der Waals surface area contributed by atoms with E-state index in [0.717, 1.165) is 16.7 Å². The van der Waals surface area contributed by atoms with Gasteiger partial charge >= 0.3 is 0 Å². The summed E-state index contributed by atoms with van der Waals surface area (Å²) in [5.74, 6) is 0.136. The Balaban J connectivity index is 2.06. The maximum absolute atomic E-state index is 13.3. The molecule has 1 heterocycles. The summed E-state index contributed by atoms with van der Waals surface area (Å²) >= 11 is 0. The Kier molecular flexibility index (Phi) is 3.52. The third-order valence-electron chi connectivity index (χ3n) is 5.90. The van der Waals surface area contributed by atoms with E-state index in [-0.39, 0.29) is 23.2 Å². The molecule has 134 valence electrons. The van der Waals surface area contributed by atoms with Gasteiger partial charge in [-0.15, -0.1) is 0 Å². The van der Waals surface area contributed by atoms with E-state index in [1.165, 1.54) is 12.2 Å². The van der Waals surface area contributed by atoms with Crippen molar-refractivity contribution >= 4 is 11.6 Å². The summed E-state index contributed by atoms with van der Waals surface area (Å²) in [5.41, 5.74) is 0.630. The first-order valence-electron chi connectivity index (χ1n) is 8.90. The molecule has 1 N–H and O–H groups in total. The van der Waals surface area contributed by atoms with Crippen molar-refractivity contribution in [3.8, 4) is 11.5 Å². The predicted molar refractivity (Wildman–Crippen MR) is 98.2 cm³/mol.